The molecule has 1 unspecified atom stereocenters. The van der Waals surface area contributed by atoms with Gasteiger partial charge in [-0.05, 0) is 28.1 Å². The van der Waals surface area contributed by atoms with Gasteiger partial charge in [-0.25, -0.2) is 0 Å². The van der Waals surface area contributed by atoms with Crippen molar-refractivity contribution in [1.82, 2.24) is 0 Å². The first-order valence-electron chi connectivity index (χ1n) is 5.45. The molecule has 2 N–H and O–H groups in total. The Labute approximate surface area is 113 Å². The normalized spacial score (nSPS) is 17.0. The second-order valence-electron chi connectivity index (χ2n) is 4.11. The fourth-order valence-corrected chi connectivity index (χ4v) is 2.55. The summed E-state index contributed by atoms with van der Waals surface area (Å²) in [5.74, 6) is -0.409. The molecule has 0 saturated heterocycles. The Morgan fingerprint density at radius 3 is 3.00 bits per heavy atom. The van der Waals surface area contributed by atoms with Crippen LogP contribution in [-0.4, -0.2) is 24.6 Å². The number of hydrogen-bond donors (Lipinski definition) is 2. The van der Waals surface area contributed by atoms with Gasteiger partial charge in [-0.15, -0.1) is 0 Å². The molecule has 0 bridgehead atoms. The minimum atomic E-state index is -1.10. The van der Waals surface area contributed by atoms with E-state index in [2.05, 4.69) is 27.3 Å². The summed E-state index contributed by atoms with van der Waals surface area (Å²) in [6, 6.07) is 5.62. The summed E-state index contributed by atoms with van der Waals surface area (Å²) in [5.41, 5.74) is 2.07. The number of aliphatic hydroxyl groups excluding tert-OH is 1. The topological polar surface area (TPSA) is 76.4 Å². The number of nitriles is 1. The number of anilines is 2. The second kappa shape index (κ2) is 4.96. The van der Waals surface area contributed by atoms with E-state index in [1.807, 2.05) is 11.9 Å². The van der Waals surface area contributed by atoms with Crippen LogP contribution in [0.15, 0.2) is 16.6 Å². The zero-order valence-corrected chi connectivity index (χ0v) is 11.4. The van der Waals surface area contributed by atoms with Crippen molar-refractivity contribution in [3.63, 3.8) is 0 Å². The van der Waals surface area contributed by atoms with Crippen molar-refractivity contribution in [2.24, 2.45) is 0 Å². The summed E-state index contributed by atoms with van der Waals surface area (Å²) in [7, 11) is 1.87. The number of aliphatic hydroxyl groups is 1. The first kappa shape index (κ1) is 12.9. The van der Waals surface area contributed by atoms with E-state index in [9.17, 15) is 9.90 Å². The van der Waals surface area contributed by atoms with Crippen molar-refractivity contribution in [2.45, 2.75) is 12.5 Å². The standard InChI is InChI=1S/C12H12BrN3O2/c1-16(4-2-3-14)10-6-9-7(5-8(10)13)11(17)12(18)15-9/h5-6,11,17H,2,4H2,1H3,(H,15,18). The summed E-state index contributed by atoms with van der Waals surface area (Å²) < 4.78 is 0.789. The van der Waals surface area contributed by atoms with Crippen LogP contribution in [0.4, 0.5) is 11.4 Å². The molecule has 18 heavy (non-hydrogen) atoms. The van der Waals surface area contributed by atoms with Gasteiger partial charge in [0.2, 0.25) is 0 Å². The molecule has 0 saturated carbocycles. The lowest BCUT2D eigenvalue weighted by atomic mass is 10.1. The highest BCUT2D eigenvalue weighted by atomic mass is 79.9. The number of rotatable bonds is 3. The Balaban J connectivity index is 2.33. The van der Waals surface area contributed by atoms with Crippen LogP contribution in [0.5, 0.6) is 0 Å². The third-order valence-electron chi connectivity index (χ3n) is 2.89. The van der Waals surface area contributed by atoms with E-state index >= 15 is 0 Å². The first-order valence-corrected chi connectivity index (χ1v) is 6.24. The molecule has 0 aliphatic carbocycles. The quantitative estimate of drug-likeness (QED) is 0.892. The third kappa shape index (κ3) is 2.19. The van der Waals surface area contributed by atoms with E-state index in [4.69, 9.17) is 5.26 Å². The van der Waals surface area contributed by atoms with E-state index in [1.54, 1.807) is 12.1 Å². The van der Waals surface area contributed by atoms with Gasteiger partial charge in [0.1, 0.15) is 0 Å². The van der Waals surface area contributed by atoms with Crippen LogP contribution in [0.25, 0.3) is 0 Å². The molecule has 1 heterocycles. The van der Waals surface area contributed by atoms with Crippen LogP contribution in [-0.2, 0) is 4.79 Å². The van der Waals surface area contributed by atoms with Crippen molar-refractivity contribution in [1.29, 1.82) is 5.26 Å². The smallest absolute Gasteiger partial charge is 0.257 e. The zero-order valence-electron chi connectivity index (χ0n) is 9.77. The van der Waals surface area contributed by atoms with Gasteiger partial charge in [-0.1, -0.05) is 0 Å². The molecule has 0 aromatic heterocycles. The van der Waals surface area contributed by atoms with E-state index in [0.717, 1.165) is 10.2 Å². The minimum absolute atomic E-state index is 0.409. The predicted molar refractivity (Wildman–Crippen MR) is 71.2 cm³/mol. The van der Waals surface area contributed by atoms with Gasteiger partial charge in [0.15, 0.2) is 6.10 Å². The van der Waals surface area contributed by atoms with E-state index in [0.29, 0.717) is 24.2 Å². The lowest BCUT2D eigenvalue weighted by molar-refractivity contribution is -0.123. The second-order valence-corrected chi connectivity index (χ2v) is 4.97. The fourth-order valence-electron chi connectivity index (χ4n) is 1.88. The van der Waals surface area contributed by atoms with E-state index < -0.39 is 12.0 Å². The maximum absolute atomic E-state index is 11.4. The molecular formula is C12H12BrN3O2. The number of halogens is 1. The van der Waals surface area contributed by atoms with Gasteiger partial charge in [-0.2, -0.15) is 5.26 Å². The molecule has 0 spiro atoms. The number of benzene rings is 1. The molecule has 1 aliphatic rings. The lowest BCUT2D eigenvalue weighted by Crippen LogP contribution is -2.18. The van der Waals surface area contributed by atoms with Crippen molar-refractivity contribution >= 4 is 33.2 Å². The molecule has 6 heteroatoms. The van der Waals surface area contributed by atoms with Crippen LogP contribution in [0.1, 0.15) is 18.1 Å². The molecule has 1 amide bonds. The summed E-state index contributed by atoms with van der Waals surface area (Å²) >= 11 is 3.42. The SMILES string of the molecule is CN(CCC#N)c1cc2c(cc1Br)C(O)C(=O)N2. The van der Waals surface area contributed by atoms with Gasteiger partial charge in [0.25, 0.3) is 5.91 Å². The monoisotopic (exact) mass is 309 g/mol. The fraction of sp³-hybridized carbons (Fsp3) is 0.333. The summed E-state index contributed by atoms with van der Waals surface area (Å²) in [6.45, 7) is 0.602. The molecular weight excluding hydrogens is 298 g/mol. The van der Waals surface area contributed by atoms with E-state index in [1.165, 1.54) is 0 Å². The Hall–Kier alpha value is -1.58. The number of hydrogen-bond acceptors (Lipinski definition) is 4. The average molecular weight is 310 g/mol. The van der Waals surface area contributed by atoms with Crippen LogP contribution in [0.2, 0.25) is 0 Å². The highest BCUT2D eigenvalue weighted by molar-refractivity contribution is 9.10. The lowest BCUT2D eigenvalue weighted by Gasteiger charge is -2.20. The number of nitrogens with zero attached hydrogens (tertiary/aromatic N) is 2. The molecule has 1 aromatic rings. The first-order chi connectivity index (χ1) is 8.54. The highest BCUT2D eigenvalue weighted by Crippen LogP contribution is 2.38. The molecule has 1 aliphatic heterocycles. The highest BCUT2D eigenvalue weighted by Gasteiger charge is 2.29. The number of nitrogens with one attached hydrogen (secondary N) is 1. The molecule has 1 aromatic carbocycles. The summed E-state index contributed by atoms with van der Waals surface area (Å²) in [6.07, 6.45) is -0.676. The van der Waals surface area contributed by atoms with Gasteiger partial charge in [0.05, 0.1) is 18.2 Å². The maximum Gasteiger partial charge on any atom is 0.257 e. The van der Waals surface area contributed by atoms with E-state index in [-0.39, 0.29) is 0 Å². The molecule has 94 valence electrons. The Kier molecular flexibility index (Phi) is 3.55. The number of carbonyl (C=O) groups excluding carboxylic acids is 1. The Morgan fingerprint density at radius 2 is 2.33 bits per heavy atom. The average Bonchev–Trinajstić information content (AvgIpc) is 2.62. The Bertz CT molecular complexity index is 539. The van der Waals surface area contributed by atoms with Crippen LogP contribution < -0.4 is 10.2 Å². The van der Waals surface area contributed by atoms with Crippen LogP contribution in [0.3, 0.4) is 0 Å². The molecule has 0 radical (unpaired) electrons. The molecule has 1 atom stereocenters. The molecule has 2 rings (SSSR count). The molecule has 0 fully saturated rings. The Morgan fingerprint density at radius 1 is 1.61 bits per heavy atom. The van der Waals surface area contributed by atoms with Crippen LogP contribution in [0, 0.1) is 11.3 Å². The van der Waals surface area contributed by atoms with Gasteiger partial charge in [0, 0.05) is 29.3 Å². The van der Waals surface area contributed by atoms with Gasteiger partial charge < -0.3 is 15.3 Å². The minimum Gasteiger partial charge on any atom is -0.378 e. The van der Waals surface area contributed by atoms with Crippen LogP contribution >= 0.6 is 15.9 Å². The number of carbonyl (C=O) groups is 1. The van der Waals surface area contributed by atoms with Crippen molar-refractivity contribution in [3.05, 3.63) is 22.2 Å². The van der Waals surface area contributed by atoms with Crippen molar-refractivity contribution < 1.29 is 9.90 Å². The maximum atomic E-state index is 11.4. The summed E-state index contributed by atoms with van der Waals surface area (Å²) in [4.78, 5) is 13.3. The molecule has 5 nitrogen and oxygen atoms in total. The number of fused-ring (bicyclic) bond motifs is 1. The van der Waals surface area contributed by atoms with Gasteiger partial charge in [-0.3, -0.25) is 4.79 Å². The third-order valence-corrected chi connectivity index (χ3v) is 3.53. The summed E-state index contributed by atoms with van der Waals surface area (Å²) in [5, 5.41) is 20.9. The van der Waals surface area contributed by atoms with Crippen molar-refractivity contribution in [3.8, 4) is 6.07 Å². The zero-order chi connectivity index (χ0) is 13.3. The van der Waals surface area contributed by atoms with Gasteiger partial charge >= 0.3 is 0 Å². The predicted octanol–water partition coefficient (Wildman–Crippen LogP) is 1.78. The number of amides is 1. The van der Waals surface area contributed by atoms with Crippen molar-refractivity contribution in [2.75, 3.05) is 23.8 Å². The largest absolute Gasteiger partial charge is 0.378 e.